The summed E-state index contributed by atoms with van der Waals surface area (Å²) >= 11 is 0. The van der Waals surface area contributed by atoms with Crippen molar-refractivity contribution in [2.75, 3.05) is 28.2 Å². The molecule has 0 N–H and O–H groups in total. The van der Waals surface area contributed by atoms with E-state index in [-0.39, 0.29) is 33.2 Å². The summed E-state index contributed by atoms with van der Waals surface area (Å²) in [6.07, 6.45) is 0. The van der Waals surface area contributed by atoms with Crippen molar-refractivity contribution >= 4 is 7.32 Å². The third-order valence-electron chi connectivity index (χ3n) is 6.12. The highest BCUT2D eigenvalue weighted by molar-refractivity contribution is 6.41. The molecule has 0 aliphatic carbocycles. The van der Waals surface area contributed by atoms with Crippen LogP contribution in [0, 0.1) is 0 Å². The quantitative estimate of drug-likeness (QED) is 0.310. The van der Waals surface area contributed by atoms with Gasteiger partial charge < -0.3 is 23.6 Å². The Hall–Kier alpha value is -2.34. The number of hydrogen-bond donors (Lipinski definition) is 0. The molecule has 1 aliphatic heterocycles. The Balaban J connectivity index is 0.000000926. The van der Waals surface area contributed by atoms with Crippen LogP contribution >= 0.6 is 0 Å². The van der Waals surface area contributed by atoms with Crippen molar-refractivity contribution in [2.24, 2.45) is 0 Å². The van der Waals surface area contributed by atoms with Crippen molar-refractivity contribution in [3.8, 4) is 23.0 Å². The molecule has 1 aliphatic rings. The zero-order valence-corrected chi connectivity index (χ0v) is 27.0. The molecule has 0 bridgehead atoms. The van der Waals surface area contributed by atoms with Crippen LogP contribution in [0.25, 0.3) is 0 Å². The van der Waals surface area contributed by atoms with Crippen LogP contribution in [0.2, 0.25) is 0 Å². The van der Waals surface area contributed by atoms with Crippen LogP contribution in [0.5, 0.6) is 23.0 Å². The lowest BCUT2D eigenvalue weighted by Crippen LogP contribution is -2.33. The maximum absolute atomic E-state index is 13.3. The highest BCUT2D eigenvalue weighted by Crippen LogP contribution is 2.46. The number of benzene rings is 2. The Bertz CT molecular complexity index is 1130. The molecule has 0 spiro atoms. The summed E-state index contributed by atoms with van der Waals surface area (Å²) in [5, 5.41) is 13.3. The molecule has 0 saturated carbocycles. The van der Waals surface area contributed by atoms with Crippen molar-refractivity contribution in [2.45, 2.75) is 105 Å². The van der Waals surface area contributed by atoms with Crippen LogP contribution in [0.15, 0.2) is 24.3 Å². The van der Waals surface area contributed by atoms with Gasteiger partial charge in [-0.05, 0) is 50.5 Å². The largest absolute Gasteiger partial charge is 0.870 e. The molecule has 5 nitrogen and oxygen atoms in total. The van der Waals surface area contributed by atoms with E-state index in [0.717, 1.165) is 21.2 Å². The average molecular weight is 526 g/mol. The maximum atomic E-state index is 13.3. The molecule has 2 aromatic carbocycles. The van der Waals surface area contributed by atoms with Gasteiger partial charge in [0.2, 0.25) is 0 Å². The molecule has 0 amide bonds. The van der Waals surface area contributed by atoms with E-state index in [0.29, 0.717) is 11.5 Å². The lowest BCUT2D eigenvalue weighted by Gasteiger charge is -2.31. The molecule has 0 aromatic heterocycles. The van der Waals surface area contributed by atoms with Gasteiger partial charge in [-0.1, -0.05) is 101 Å². The molecular weight excluding hydrogens is 473 g/mol. The number of nitrogens with zero attached hydrogens (tertiary/aromatic N) is 1. The van der Waals surface area contributed by atoms with Gasteiger partial charge in [0.05, 0.1) is 33.9 Å². The van der Waals surface area contributed by atoms with Crippen LogP contribution in [-0.4, -0.2) is 40.0 Å². The number of fused-ring (bicyclic) bond motifs is 1. The van der Waals surface area contributed by atoms with E-state index in [1.165, 1.54) is 5.56 Å². The van der Waals surface area contributed by atoms with E-state index in [1.807, 2.05) is 39.0 Å². The number of hydrogen-bond acceptors (Lipinski definition) is 4. The summed E-state index contributed by atoms with van der Waals surface area (Å²) in [6.45, 7) is 25.5. The Kier molecular flexibility index (Phi) is 8.67. The standard InChI is InChI=1S/C28H41BO4.C4H12N/c1-25(2,3)17-13-19(27(7,8)9)23(30)21(15-17)31-29-32-22-16-18(26(4,5)6)14-20(24(22)33-29)28(10,11)12;1-5(2,3)4/h13-16,30H,1-12H3;1-4H3/q;+1/p-1. The van der Waals surface area contributed by atoms with Crippen molar-refractivity contribution in [3.63, 3.8) is 0 Å². The van der Waals surface area contributed by atoms with Crippen LogP contribution in [0.4, 0.5) is 0 Å². The number of rotatable bonds is 2. The lowest BCUT2D eigenvalue weighted by atomic mass is 9.80. The zero-order chi connectivity index (χ0) is 29.6. The third-order valence-corrected chi connectivity index (χ3v) is 6.12. The summed E-state index contributed by atoms with van der Waals surface area (Å²) < 4.78 is 19.4. The van der Waals surface area contributed by atoms with Crippen molar-refractivity contribution in [3.05, 3.63) is 46.5 Å². The van der Waals surface area contributed by atoms with Gasteiger partial charge >= 0.3 is 7.32 Å². The molecule has 6 heteroatoms. The second-order valence-corrected chi connectivity index (χ2v) is 16.0. The molecule has 38 heavy (non-hydrogen) atoms. The first-order valence-corrected chi connectivity index (χ1v) is 13.6. The summed E-state index contributed by atoms with van der Waals surface area (Å²) in [6, 6.07) is 8.06. The Labute approximate surface area is 233 Å². The minimum atomic E-state index is -1.01. The highest BCUT2D eigenvalue weighted by atomic mass is 16.8. The molecule has 212 valence electrons. The Morgan fingerprint density at radius 3 is 1.47 bits per heavy atom. The Morgan fingerprint density at radius 2 is 1.05 bits per heavy atom. The van der Waals surface area contributed by atoms with E-state index in [2.05, 4.69) is 96.6 Å². The fourth-order valence-electron chi connectivity index (χ4n) is 3.86. The summed E-state index contributed by atoms with van der Waals surface area (Å²) in [5.41, 5.74) is 3.39. The van der Waals surface area contributed by atoms with Gasteiger partial charge in [-0.3, -0.25) is 0 Å². The maximum Gasteiger partial charge on any atom is 0.864 e. The van der Waals surface area contributed by atoms with Gasteiger partial charge in [-0.15, -0.1) is 0 Å². The zero-order valence-electron chi connectivity index (χ0n) is 27.0. The first-order chi connectivity index (χ1) is 16.8. The average Bonchev–Trinajstić information content (AvgIpc) is 3.06. The fourth-order valence-corrected chi connectivity index (χ4v) is 3.86. The van der Waals surface area contributed by atoms with Gasteiger partial charge in [0, 0.05) is 5.56 Å². The summed E-state index contributed by atoms with van der Waals surface area (Å²) in [5.74, 6) is 1.49. The molecule has 0 radical (unpaired) electrons. The second-order valence-electron chi connectivity index (χ2n) is 16.0. The van der Waals surface area contributed by atoms with Gasteiger partial charge in [0.15, 0.2) is 0 Å². The predicted molar refractivity (Wildman–Crippen MR) is 159 cm³/mol. The molecule has 1 heterocycles. The monoisotopic (exact) mass is 525 g/mol. The van der Waals surface area contributed by atoms with E-state index >= 15 is 0 Å². The summed E-state index contributed by atoms with van der Waals surface area (Å²) in [4.78, 5) is 0. The van der Waals surface area contributed by atoms with Crippen LogP contribution in [0.3, 0.4) is 0 Å². The van der Waals surface area contributed by atoms with Crippen LogP contribution < -0.4 is 19.1 Å². The van der Waals surface area contributed by atoms with E-state index < -0.39 is 7.32 Å². The molecule has 0 atom stereocenters. The fraction of sp³-hybridized carbons (Fsp3) is 0.625. The summed E-state index contributed by atoms with van der Waals surface area (Å²) in [7, 11) is 7.49. The minimum Gasteiger partial charge on any atom is -0.870 e. The van der Waals surface area contributed by atoms with Crippen LogP contribution in [0.1, 0.15) is 105 Å². The van der Waals surface area contributed by atoms with Crippen molar-refractivity contribution in [1.29, 1.82) is 0 Å². The van der Waals surface area contributed by atoms with Crippen molar-refractivity contribution in [1.82, 2.24) is 0 Å². The van der Waals surface area contributed by atoms with Gasteiger partial charge in [-0.2, -0.15) is 0 Å². The van der Waals surface area contributed by atoms with Crippen molar-refractivity contribution < 1.29 is 23.6 Å². The van der Waals surface area contributed by atoms with Gasteiger partial charge in [0.25, 0.3) is 0 Å². The number of quaternary nitrogens is 1. The first-order valence-electron chi connectivity index (χ1n) is 13.6. The molecular formula is C32H52BNO4. The van der Waals surface area contributed by atoms with Gasteiger partial charge in [-0.25, -0.2) is 0 Å². The van der Waals surface area contributed by atoms with Gasteiger partial charge in [0.1, 0.15) is 11.5 Å². The SMILES string of the molecule is CC(C)(C)c1cc(OB2Oc3cc(C(C)(C)C)cc(C(C)(C)C)c3O2)c([O-])c(C(C)(C)C)c1.C[N+](C)(C)C. The minimum absolute atomic E-state index is 0.0395. The second kappa shape index (κ2) is 10.3. The molecule has 0 saturated heterocycles. The smallest absolute Gasteiger partial charge is 0.864 e. The highest BCUT2D eigenvalue weighted by Gasteiger charge is 2.42. The lowest BCUT2D eigenvalue weighted by molar-refractivity contribution is -0.849. The molecule has 0 fully saturated rings. The molecule has 0 unspecified atom stereocenters. The molecule has 3 rings (SSSR count). The first kappa shape index (κ1) is 31.9. The van der Waals surface area contributed by atoms with E-state index in [9.17, 15) is 5.11 Å². The normalized spacial score (nSPS) is 14.3. The predicted octanol–water partition coefficient (Wildman–Crippen LogP) is 7.11. The topological polar surface area (TPSA) is 50.8 Å². The van der Waals surface area contributed by atoms with E-state index in [4.69, 9.17) is 14.0 Å². The Morgan fingerprint density at radius 1 is 0.632 bits per heavy atom. The third kappa shape index (κ3) is 8.33. The van der Waals surface area contributed by atoms with Crippen LogP contribution in [-0.2, 0) is 21.7 Å². The molecule has 2 aromatic rings. The van der Waals surface area contributed by atoms with E-state index in [1.54, 1.807) is 0 Å².